The van der Waals surface area contributed by atoms with Crippen LogP contribution < -0.4 is 14.2 Å². The first-order valence-corrected chi connectivity index (χ1v) is 6.35. The highest BCUT2D eigenvalue weighted by atomic mass is 16.5. The van der Waals surface area contributed by atoms with Crippen molar-refractivity contribution in [2.45, 2.75) is 19.4 Å². The Morgan fingerprint density at radius 3 is 2.25 bits per heavy atom. The summed E-state index contributed by atoms with van der Waals surface area (Å²) in [6.45, 7) is 9.25. The highest BCUT2D eigenvalue weighted by Crippen LogP contribution is 2.38. The van der Waals surface area contributed by atoms with Gasteiger partial charge in [-0.05, 0) is 36.6 Å². The molecule has 0 aromatic heterocycles. The summed E-state index contributed by atoms with van der Waals surface area (Å²) in [5.74, 6) is 1.60. The summed E-state index contributed by atoms with van der Waals surface area (Å²) in [6.07, 6.45) is 1.79. The molecule has 110 valence electrons. The molecule has 4 heteroatoms. The first-order valence-electron chi connectivity index (χ1n) is 6.35. The summed E-state index contributed by atoms with van der Waals surface area (Å²) < 4.78 is 16.3. The van der Waals surface area contributed by atoms with Gasteiger partial charge in [0.15, 0.2) is 11.5 Å². The minimum atomic E-state index is -0.725. The molecule has 0 spiro atoms. The highest BCUT2D eigenvalue weighted by Gasteiger charge is 2.16. The predicted molar refractivity (Wildman–Crippen MR) is 79.8 cm³/mol. The molecule has 0 radical (unpaired) electrons. The van der Waals surface area contributed by atoms with Crippen LogP contribution in [0.5, 0.6) is 17.2 Å². The third-order valence-electron chi connectivity index (χ3n) is 2.85. The van der Waals surface area contributed by atoms with Gasteiger partial charge < -0.3 is 19.3 Å². The van der Waals surface area contributed by atoms with Crippen LogP contribution in [0.1, 0.15) is 12.5 Å². The Morgan fingerprint density at radius 2 is 1.85 bits per heavy atom. The zero-order valence-electron chi connectivity index (χ0n) is 12.3. The fraction of sp³-hybridized carbons (Fsp3) is 0.375. The van der Waals surface area contributed by atoms with Crippen molar-refractivity contribution in [1.82, 2.24) is 0 Å². The van der Waals surface area contributed by atoms with Gasteiger partial charge in [0.2, 0.25) is 5.75 Å². The molecule has 20 heavy (non-hydrogen) atoms. The molecule has 0 fully saturated rings. The van der Waals surface area contributed by atoms with Crippen molar-refractivity contribution in [3.05, 3.63) is 42.5 Å². The smallest absolute Gasteiger partial charge is 0.203 e. The summed E-state index contributed by atoms with van der Waals surface area (Å²) in [7, 11) is 3.13. The van der Waals surface area contributed by atoms with Crippen LogP contribution in [0.15, 0.2) is 36.9 Å². The number of benzene rings is 1. The average Bonchev–Trinajstić information content (AvgIpc) is 2.44. The van der Waals surface area contributed by atoms with Gasteiger partial charge in [0.1, 0.15) is 12.7 Å². The average molecular weight is 278 g/mol. The number of rotatable bonds is 8. The molecule has 1 N–H and O–H groups in total. The van der Waals surface area contributed by atoms with Crippen molar-refractivity contribution in [1.29, 1.82) is 0 Å². The van der Waals surface area contributed by atoms with E-state index in [-0.39, 0.29) is 6.61 Å². The summed E-state index contributed by atoms with van der Waals surface area (Å²) in [5.41, 5.74) is 1.66. The van der Waals surface area contributed by atoms with Crippen molar-refractivity contribution in [2.75, 3.05) is 20.8 Å². The molecule has 4 nitrogen and oxygen atoms in total. The summed E-state index contributed by atoms with van der Waals surface area (Å²) in [4.78, 5) is 0. The zero-order valence-corrected chi connectivity index (χ0v) is 12.3. The molecule has 1 aromatic rings. The molecule has 1 atom stereocenters. The Balaban J connectivity index is 3.03. The van der Waals surface area contributed by atoms with Crippen molar-refractivity contribution < 1.29 is 19.3 Å². The molecule has 0 saturated heterocycles. The molecular weight excluding hydrogens is 256 g/mol. The van der Waals surface area contributed by atoms with E-state index in [1.165, 1.54) is 0 Å². The standard InChI is InChI=1S/C16H22O4/c1-6-7-12-8-14(18-4)16(15(9-12)19-5)20-10-13(17)11(2)3/h6,8-9,13,17H,1-2,7,10H2,3-5H3. The number of aliphatic hydroxyl groups is 1. The van der Waals surface area contributed by atoms with Gasteiger partial charge in [-0.15, -0.1) is 6.58 Å². The maximum absolute atomic E-state index is 9.73. The molecule has 0 aliphatic heterocycles. The maximum Gasteiger partial charge on any atom is 0.203 e. The Kier molecular flexibility index (Phi) is 6.12. The number of allylic oxidation sites excluding steroid dienone is 1. The van der Waals surface area contributed by atoms with E-state index in [0.29, 0.717) is 29.2 Å². The van der Waals surface area contributed by atoms with Crippen LogP contribution in [-0.4, -0.2) is 32.0 Å². The van der Waals surface area contributed by atoms with Crippen molar-refractivity contribution in [3.8, 4) is 17.2 Å². The van der Waals surface area contributed by atoms with E-state index in [1.807, 2.05) is 12.1 Å². The van der Waals surface area contributed by atoms with Crippen LogP contribution in [0.25, 0.3) is 0 Å². The first-order chi connectivity index (χ1) is 9.53. The third kappa shape index (κ3) is 4.03. The predicted octanol–water partition coefficient (Wildman–Crippen LogP) is 2.75. The fourth-order valence-corrected chi connectivity index (χ4v) is 1.67. The molecule has 1 unspecified atom stereocenters. The van der Waals surface area contributed by atoms with Crippen LogP contribution >= 0.6 is 0 Å². The molecule has 0 heterocycles. The van der Waals surface area contributed by atoms with E-state index in [4.69, 9.17) is 14.2 Å². The normalized spacial score (nSPS) is 11.6. The van der Waals surface area contributed by atoms with Crippen LogP contribution in [0, 0.1) is 0 Å². The van der Waals surface area contributed by atoms with Gasteiger partial charge >= 0.3 is 0 Å². The van der Waals surface area contributed by atoms with Crippen molar-refractivity contribution in [3.63, 3.8) is 0 Å². The fourth-order valence-electron chi connectivity index (χ4n) is 1.67. The topological polar surface area (TPSA) is 47.9 Å². The molecule has 1 aromatic carbocycles. The van der Waals surface area contributed by atoms with Gasteiger partial charge in [-0.2, -0.15) is 0 Å². The van der Waals surface area contributed by atoms with E-state index in [2.05, 4.69) is 13.2 Å². The minimum absolute atomic E-state index is 0.100. The van der Waals surface area contributed by atoms with Gasteiger partial charge in [0.05, 0.1) is 14.2 Å². The first kappa shape index (κ1) is 16.1. The van der Waals surface area contributed by atoms with E-state index in [1.54, 1.807) is 27.2 Å². The lowest BCUT2D eigenvalue weighted by Gasteiger charge is -2.18. The van der Waals surface area contributed by atoms with Crippen LogP contribution in [0.3, 0.4) is 0 Å². The number of methoxy groups -OCH3 is 2. The van der Waals surface area contributed by atoms with Crippen LogP contribution in [0.4, 0.5) is 0 Å². The molecule has 1 rings (SSSR count). The van der Waals surface area contributed by atoms with E-state index < -0.39 is 6.10 Å². The van der Waals surface area contributed by atoms with Gasteiger partial charge in [-0.25, -0.2) is 0 Å². The molecule has 0 saturated carbocycles. The third-order valence-corrected chi connectivity index (χ3v) is 2.85. The van der Waals surface area contributed by atoms with Gasteiger partial charge in [-0.3, -0.25) is 0 Å². The van der Waals surface area contributed by atoms with E-state index in [9.17, 15) is 5.11 Å². The minimum Gasteiger partial charge on any atom is -0.493 e. The lowest BCUT2D eigenvalue weighted by molar-refractivity contribution is 0.131. The second-order valence-electron chi connectivity index (χ2n) is 4.50. The Hall–Kier alpha value is -1.94. The van der Waals surface area contributed by atoms with Gasteiger partial charge in [0.25, 0.3) is 0 Å². The van der Waals surface area contributed by atoms with E-state index in [0.717, 1.165) is 5.56 Å². The van der Waals surface area contributed by atoms with Crippen LogP contribution in [0.2, 0.25) is 0 Å². The van der Waals surface area contributed by atoms with Crippen LogP contribution in [-0.2, 0) is 6.42 Å². The quantitative estimate of drug-likeness (QED) is 0.743. The SMILES string of the molecule is C=CCc1cc(OC)c(OCC(O)C(=C)C)c(OC)c1. The summed E-state index contributed by atoms with van der Waals surface area (Å²) >= 11 is 0. The number of ether oxygens (including phenoxy) is 3. The Labute approximate surface area is 120 Å². The maximum atomic E-state index is 9.73. The molecular formula is C16H22O4. The number of aliphatic hydroxyl groups excluding tert-OH is 1. The molecule has 0 amide bonds. The number of hydrogen-bond donors (Lipinski definition) is 1. The summed E-state index contributed by atoms with van der Waals surface area (Å²) in [6, 6.07) is 3.74. The molecule has 0 aliphatic carbocycles. The monoisotopic (exact) mass is 278 g/mol. The van der Waals surface area contributed by atoms with Crippen molar-refractivity contribution >= 4 is 0 Å². The Morgan fingerprint density at radius 1 is 1.30 bits per heavy atom. The second-order valence-corrected chi connectivity index (χ2v) is 4.50. The summed E-state index contributed by atoms with van der Waals surface area (Å²) in [5, 5.41) is 9.73. The Bertz CT molecular complexity index is 454. The van der Waals surface area contributed by atoms with Crippen molar-refractivity contribution in [2.24, 2.45) is 0 Å². The lowest BCUT2D eigenvalue weighted by atomic mass is 10.1. The zero-order chi connectivity index (χ0) is 15.1. The molecule has 0 bridgehead atoms. The highest BCUT2D eigenvalue weighted by molar-refractivity contribution is 5.54. The second kappa shape index (κ2) is 7.60. The molecule has 0 aliphatic rings. The van der Waals surface area contributed by atoms with E-state index >= 15 is 0 Å². The van der Waals surface area contributed by atoms with Gasteiger partial charge in [0, 0.05) is 0 Å². The lowest BCUT2D eigenvalue weighted by Crippen LogP contribution is -2.18. The number of hydrogen-bond acceptors (Lipinski definition) is 4. The largest absolute Gasteiger partial charge is 0.493 e. The van der Waals surface area contributed by atoms with Gasteiger partial charge in [-0.1, -0.05) is 12.7 Å².